The van der Waals surface area contributed by atoms with Crippen LogP contribution in [0.2, 0.25) is 0 Å². The smallest absolute Gasteiger partial charge is 0.138 e. The molecule has 1 aromatic heterocycles. The number of aromatic nitrogens is 1. The van der Waals surface area contributed by atoms with Crippen molar-refractivity contribution in [3.63, 3.8) is 0 Å². The Morgan fingerprint density at radius 1 is 1.64 bits per heavy atom. The van der Waals surface area contributed by atoms with Crippen molar-refractivity contribution in [3.8, 4) is 0 Å². The summed E-state index contributed by atoms with van der Waals surface area (Å²) in [5.41, 5.74) is 0.843. The molecule has 0 saturated heterocycles. The Bertz CT molecular complexity index is 341. The minimum atomic E-state index is 0.258. The van der Waals surface area contributed by atoms with Crippen molar-refractivity contribution >= 4 is 44.3 Å². The van der Waals surface area contributed by atoms with Gasteiger partial charge in [0.1, 0.15) is 5.78 Å². The Labute approximate surface area is 106 Å². The second kappa shape index (κ2) is 5.80. The van der Waals surface area contributed by atoms with E-state index in [9.17, 15) is 4.79 Å². The maximum atomic E-state index is 11.4. The summed E-state index contributed by atoms with van der Waals surface area (Å²) in [6.45, 7) is 2.01. The lowest BCUT2D eigenvalue weighted by molar-refractivity contribution is -0.118. The van der Waals surface area contributed by atoms with Crippen molar-refractivity contribution in [2.24, 2.45) is 0 Å². The molecule has 0 aliphatic heterocycles. The Balaban J connectivity index is 2.68. The van der Waals surface area contributed by atoms with Crippen LogP contribution in [0.3, 0.4) is 0 Å². The number of ketones is 1. The Hall–Kier alpha value is 0.0300. The second-order valence-electron chi connectivity index (χ2n) is 3.06. The van der Waals surface area contributed by atoms with E-state index in [1.807, 2.05) is 13.0 Å². The lowest BCUT2D eigenvalue weighted by Crippen LogP contribution is -2.03. The number of nitrogens with zero attached hydrogens (tertiary/aromatic N) is 1. The minimum absolute atomic E-state index is 0.258. The van der Waals surface area contributed by atoms with Crippen molar-refractivity contribution in [2.75, 3.05) is 0 Å². The molecule has 0 aromatic carbocycles. The normalized spacial score (nSPS) is 10.2. The predicted molar refractivity (Wildman–Crippen MR) is 68.3 cm³/mol. The van der Waals surface area contributed by atoms with Crippen LogP contribution in [0.15, 0.2) is 16.7 Å². The molecule has 0 bridgehead atoms. The largest absolute Gasteiger partial charge is 0.299 e. The van der Waals surface area contributed by atoms with Gasteiger partial charge >= 0.3 is 0 Å². The summed E-state index contributed by atoms with van der Waals surface area (Å²) in [5.74, 6) is 0.258. The van der Waals surface area contributed by atoms with Crippen LogP contribution in [0, 0.1) is 3.57 Å². The monoisotopic (exact) mass is 367 g/mol. The van der Waals surface area contributed by atoms with E-state index in [0.717, 1.165) is 20.2 Å². The topological polar surface area (TPSA) is 30.0 Å². The maximum Gasteiger partial charge on any atom is 0.138 e. The van der Waals surface area contributed by atoms with Gasteiger partial charge in [0.25, 0.3) is 0 Å². The molecule has 0 unspecified atom stereocenters. The average Bonchev–Trinajstić information content (AvgIpc) is 2.12. The number of halogens is 2. The molecule has 0 atom stereocenters. The van der Waals surface area contributed by atoms with Crippen LogP contribution in [0.1, 0.15) is 25.5 Å². The molecule has 76 valence electrons. The average molecular weight is 368 g/mol. The van der Waals surface area contributed by atoms with Crippen LogP contribution in [0.4, 0.5) is 0 Å². The first-order valence-corrected chi connectivity index (χ1v) is 6.32. The first kappa shape index (κ1) is 12.1. The Morgan fingerprint density at radius 3 is 2.93 bits per heavy atom. The lowest BCUT2D eigenvalue weighted by atomic mass is 10.1. The third-order valence-corrected chi connectivity index (χ3v) is 4.03. The summed E-state index contributed by atoms with van der Waals surface area (Å²) in [7, 11) is 0. The highest BCUT2D eigenvalue weighted by molar-refractivity contribution is 14.1. The number of carbonyl (C=O) groups excluding carboxylic acids is 1. The highest BCUT2D eigenvalue weighted by Gasteiger charge is 2.05. The van der Waals surface area contributed by atoms with E-state index in [2.05, 4.69) is 43.5 Å². The Kier molecular flexibility index (Phi) is 5.01. The molecule has 0 aliphatic carbocycles. The molecule has 1 heterocycles. The zero-order valence-corrected chi connectivity index (χ0v) is 11.6. The van der Waals surface area contributed by atoms with E-state index in [0.29, 0.717) is 12.8 Å². The van der Waals surface area contributed by atoms with Gasteiger partial charge in [0.15, 0.2) is 0 Å². The first-order chi connectivity index (χ1) is 6.63. The third kappa shape index (κ3) is 3.65. The molecule has 0 saturated carbocycles. The van der Waals surface area contributed by atoms with Crippen LogP contribution in [-0.2, 0) is 11.2 Å². The summed E-state index contributed by atoms with van der Waals surface area (Å²) < 4.78 is 2.07. The zero-order chi connectivity index (χ0) is 10.6. The van der Waals surface area contributed by atoms with Crippen molar-refractivity contribution < 1.29 is 4.79 Å². The molecule has 0 amide bonds. The number of Topliss-reactive ketones (excluding diaryl/α,β-unsaturated/α-hetero) is 1. The molecular weight excluding hydrogens is 357 g/mol. The minimum Gasteiger partial charge on any atom is -0.299 e. The molecule has 0 spiro atoms. The number of pyridine rings is 1. The summed E-state index contributed by atoms with van der Waals surface area (Å²) >= 11 is 5.61. The van der Waals surface area contributed by atoms with Gasteiger partial charge in [-0.05, 0) is 51.0 Å². The van der Waals surface area contributed by atoms with Crippen LogP contribution >= 0.6 is 38.5 Å². The molecule has 0 fully saturated rings. The molecule has 14 heavy (non-hydrogen) atoms. The van der Waals surface area contributed by atoms with E-state index in [-0.39, 0.29) is 5.78 Å². The number of carbonyl (C=O) groups is 1. The molecule has 2 nitrogen and oxygen atoms in total. The number of rotatable bonds is 4. The summed E-state index contributed by atoms with van der Waals surface area (Å²) in [5, 5.41) is 0. The van der Waals surface area contributed by atoms with Crippen LogP contribution < -0.4 is 0 Å². The Morgan fingerprint density at radius 2 is 2.36 bits per heavy atom. The van der Waals surface area contributed by atoms with Gasteiger partial charge in [0.05, 0.1) is 0 Å². The van der Waals surface area contributed by atoms with Crippen LogP contribution in [0.25, 0.3) is 0 Å². The van der Waals surface area contributed by atoms with Crippen molar-refractivity contribution in [1.29, 1.82) is 0 Å². The third-order valence-electron chi connectivity index (χ3n) is 1.77. The van der Waals surface area contributed by atoms with Crippen molar-refractivity contribution in [1.82, 2.24) is 4.98 Å². The maximum absolute atomic E-state index is 11.4. The van der Waals surface area contributed by atoms with Gasteiger partial charge in [-0.25, -0.2) is 0 Å². The summed E-state index contributed by atoms with van der Waals surface area (Å²) in [4.78, 5) is 15.6. The SMILES string of the molecule is CCCC(=O)Cc1cc(Br)c(I)cn1. The van der Waals surface area contributed by atoms with Gasteiger partial charge in [-0.1, -0.05) is 6.92 Å². The quantitative estimate of drug-likeness (QED) is 0.764. The van der Waals surface area contributed by atoms with Gasteiger partial charge in [-0.15, -0.1) is 0 Å². The molecule has 0 aliphatic rings. The number of hydrogen-bond acceptors (Lipinski definition) is 2. The molecule has 1 rings (SSSR count). The van der Waals surface area contributed by atoms with E-state index >= 15 is 0 Å². The first-order valence-electron chi connectivity index (χ1n) is 4.45. The fourth-order valence-corrected chi connectivity index (χ4v) is 1.78. The highest BCUT2D eigenvalue weighted by Crippen LogP contribution is 2.18. The molecule has 0 radical (unpaired) electrons. The van der Waals surface area contributed by atoms with E-state index in [1.165, 1.54) is 0 Å². The molecule has 1 aromatic rings. The summed E-state index contributed by atoms with van der Waals surface area (Å²) in [6.07, 6.45) is 3.78. The number of hydrogen-bond donors (Lipinski definition) is 0. The molecule has 0 N–H and O–H groups in total. The van der Waals surface area contributed by atoms with Crippen molar-refractivity contribution in [3.05, 3.63) is 26.0 Å². The predicted octanol–water partition coefficient (Wildman–Crippen LogP) is 3.36. The molecular formula is C10H11BrINO. The zero-order valence-electron chi connectivity index (χ0n) is 7.89. The van der Waals surface area contributed by atoms with E-state index < -0.39 is 0 Å². The van der Waals surface area contributed by atoms with Gasteiger partial charge in [-0.2, -0.15) is 0 Å². The van der Waals surface area contributed by atoms with E-state index in [1.54, 1.807) is 6.20 Å². The highest BCUT2D eigenvalue weighted by atomic mass is 127. The second-order valence-corrected chi connectivity index (χ2v) is 5.07. The van der Waals surface area contributed by atoms with Crippen LogP contribution in [0.5, 0.6) is 0 Å². The standard InChI is InChI=1S/C10H11BrINO/c1-2-3-8(14)4-7-5-9(11)10(12)6-13-7/h5-6H,2-4H2,1H3. The fourth-order valence-electron chi connectivity index (χ4n) is 1.12. The van der Waals surface area contributed by atoms with Crippen molar-refractivity contribution in [2.45, 2.75) is 26.2 Å². The lowest BCUT2D eigenvalue weighted by Gasteiger charge is -2.01. The van der Waals surface area contributed by atoms with Gasteiger partial charge in [-0.3, -0.25) is 9.78 Å². The van der Waals surface area contributed by atoms with Gasteiger partial charge in [0, 0.05) is 32.8 Å². The van der Waals surface area contributed by atoms with Crippen LogP contribution in [-0.4, -0.2) is 10.8 Å². The van der Waals surface area contributed by atoms with Gasteiger partial charge < -0.3 is 0 Å². The summed E-state index contributed by atoms with van der Waals surface area (Å²) in [6, 6.07) is 1.91. The van der Waals surface area contributed by atoms with Gasteiger partial charge in [0.2, 0.25) is 0 Å². The molecule has 4 heteroatoms. The fraction of sp³-hybridized carbons (Fsp3) is 0.400. The van der Waals surface area contributed by atoms with E-state index in [4.69, 9.17) is 0 Å².